The van der Waals surface area contributed by atoms with Gasteiger partial charge >= 0.3 is 0 Å². The normalized spacial score (nSPS) is 49.4. The summed E-state index contributed by atoms with van der Waals surface area (Å²) in [5.41, 5.74) is 1.62. The second-order valence-electron chi connectivity index (χ2n) is 11.0. The molecule has 3 saturated carbocycles. The zero-order valence-corrected chi connectivity index (χ0v) is 18.8. The van der Waals surface area contributed by atoms with Crippen molar-refractivity contribution in [3.8, 4) is 0 Å². The fourth-order valence-corrected chi connectivity index (χ4v) is 8.59. The number of hydrogen-bond donors (Lipinski definition) is 0. The van der Waals surface area contributed by atoms with Crippen LogP contribution >= 0.6 is 0 Å². The van der Waals surface area contributed by atoms with E-state index in [-0.39, 0.29) is 41.3 Å². The van der Waals surface area contributed by atoms with Gasteiger partial charge in [0.25, 0.3) is 10.1 Å². The third-order valence-electron chi connectivity index (χ3n) is 9.53. The van der Waals surface area contributed by atoms with Crippen LogP contribution in [0.25, 0.3) is 0 Å². The van der Waals surface area contributed by atoms with Gasteiger partial charge in [-0.3, -0.25) is 8.98 Å². The van der Waals surface area contributed by atoms with Crippen molar-refractivity contribution in [2.45, 2.75) is 71.5 Å². The van der Waals surface area contributed by atoms with Crippen molar-refractivity contribution >= 4 is 15.9 Å². The van der Waals surface area contributed by atoms with Crippen LogP contribution in [0.3, 0.4) is 0 Å². The monoisotopic (exact) mass is 422 g/mol. The van der Waals surface area contributed by atoms with Crippen LogP contribution in [0.4, 0.5) is 0 Å². The van der Waals surface area contributed by atoms with Crippen LogP contribution < -0.4 is 0 Å². The summed E-state index contributed by atoms with van der Waals surface area (Å²) < 4.78 is 34.4. The van der Waals surface area contributed by atoms with Crippen molar-refractivity contribution in [1.82, 2.24) is 0 Å². The maximum atomic E-state index is 12.1. The van der Waals surface area contributed by atoms with E-state index >= 15 is 0 Å². The number of rotatable bonds is 4. The highest BCUT2D eigenvalue weighted by Crippen LogP contribution is 2.70. The van der Waals surface area contributed by atoms with Gasteiger partial charge in [0.2, 0.25) is 0 Å². The molecule has 0 bridgehead atoms. The highest BCUT2D eigenvalue weighted by Gasteiger charge is 2.69. The minimum Gasteiger partial charge on any atom is -0.365 e. The summed E-state index contributed by atoms with van der Waals surface area (Å²) in [5, 5.41) is 0. The van der Waals surface area contributed by atoms with Crippen molar-refractivity contribution in [2.75, 3.05) is 12.9 Å². The molecular weight excluding hydrogens is 388 g/mol. The molecule has 0 radical (unpaired) electrons. The summed E-state index contributed by atoms with van der Waals surface area (Å²) in [6.07, 6.45) is 9.86. The van der Waals surface area contributed by atoms with Crippen molar-refractivity contribution in [3.05, 3.63) is 11.6 Å². The number of epoxide rings is 1. The lowest BCUT2D eigenvalue weighted by Crippen LogP contribution is -2.54. The zero-order valence-electron chi connectivity index (χ0n) is 18.0. The number of fused-ring (bicyclic) bond motifs is 8. The molecule has 4 aliphatic carbocycles. The van der Waals surface area contributed by atoms with E-state index in [4.69, 9.17) is 8.92 Å². The van der Waals surface area contributed by atoms with E-state index in [1.54, 1.807) is 0 Å². The van der Waals surface area contributed by atoms with Gasteiger partial charge < -0.3 is 4.74 Å². The first-order chi connectivity index (χ1) is 13.5. The average molecular weight is 423 g/mol. The molecule has 1 saturated heterocycles. The largest absolute Gasteiger partial charge is 0.365 e. The Labute approximate surface area is 174 Å². The molecule has 29 heavy (non-hydrogen) atoms. The van der Waals surface area contributed by atoms with Gasteiger partial charge in [-0.1, -0.05) is 20.8 Å². The molecule has 0 aromatic carbocycles. The summed E-state index contributed by atoms with van der Waals surface area (Å²) >= 11 is 0. The molecule has 0 N–H and O–H groups in total. The molecule has 5 aliphatic rings. The third-order valence-corrected chi connectivity index (χ3v) is 10.1. The lowest BCUT2D eigenvalue weighted by atomic mass is 9.46. The fraction of sp³-hybridized carbons (Fsp3) is 0.870. The molecule has 0 spiro atoms. The summed E-state index contributed by atoms with van der Waals surface area (Å²) in [6.45, 7) is 7.27. The van der Waals surface area contributed by atoms with Crippen LogP contribution in [0, 0.1) is 40.4 Å². The lowest BCUT2D eigenvalue weighted by molar-refractivity contribution is -0.117. The average Bonchev–Trinajstić information content (AvgIpc) is 3.35. The number of carbonyl (C=O) groups is 1. The van der Waals surface area contributed by atoms with Crippen molar-refractivity contribution in [2.24, 2.45) is 40.4 Å². The molecule has 6 heteroatoms. The maximum Gasteiger partial charge on any atom is 0.264 e. The van der Waals surface area contributed by atoms with Crippen LogP contribution in [-0.2, 0) is 23.8 Å². The van der Waals surface area contributed by atoms with Gasteiger partial charge in [0.1, 0.15) is 6.10 Å². The number of hydrogen-bond acceptors (Lipinski definition) is 5. The molecule has 162 valence electrons. The Morgan fingerprint density at radius 1 is 1.21 bits per heavy atom. The van der Waals surface area contributed by atoms with E-state index in [1.807, 2.05) is 6.08 Å². The summed E-state index contributed by atoms with van der Waals surface area (Å²) in [4.78, 5) is 12.1. The van der Waals surface area contributed by atoms with Gasteiger partial charge in [0.15, 0.2) is 5.78 Å². The molecule has 1 heterocycles. The van der Waals surface area contributed by atoms with E-state index in [9.17, 15) is 13.2 Å². The molecular formula is C23H34O5S. The first kappa shape index (κ1) is 20.2. The Balaban J connectivity index is 1.41. The molecule has 5 rings (SSSR count). The van der Waals surface area contributed by atoms with Crippen LogP contribution in [0.1, 0.15) is 59.3 Å². The Bertz CT molecular complexity index is 862. The second-order valence-corrected chi connectivity index (χ2v) is 12.6. The minimum atomic E-state index is -3.40. The van der Waals surface area contributed by atoms with E-state index in [0.717, 1.165) is 19.1 Å². The van der Waals surface area contributed by atoms with Crippen molar-refractivity contribution in [1.29, 1.82) is 0 Å². The quantitative estimate of drug-likeness (QED) is 0.510. The Hall–Kier alpha value is -0.720. The highest BCUT2D eigenvalue weighted by molar-refractivity contribution is 7.85. The Morgan fingerprint density at radius 2 is 1.97 bits per heavy atom. The molecule has 1 aliphatic heterocycles. The Kier molecular flexibility index (Phi) is 4.45. The van der Waals surface area contributed by atoms with Gasteiger partial charge in [-0.2, -0.15) is 8.42 Å². The predicted molar refractivity (Wildman–Crippen MR) is 110 cm³/mol. The molecule has 0 amide bonds. The van der Waals surface area contributed by atoms with Crippen LogP contribution in [0.15, 0.2) is 11.6 Å². The summed E-state index contributed by atoms with van der Waals surface area (Å²) in [5.74, 6) is 2.79. The van der Waals surface area contributed by atoms with E-state index in [1.165, 1.54) is 24.8 Å². The van der Waals surface area contributed by atoms with Gasteiger partial charge in [0.05, 0.1) is 19.0 Å². The number of carbonyl (C=O) groups excluding carboxylic acids is 1. The van der Waals surface area contributed by atoms with Gasteiger partial charge in [-0.25, -0.2) is 0 Å². The molecule has 0 unspecified atom stereocenters. The van der Waals surface area contributed by atoms with Crippen LogP contribution in [-0.4, -0.2) is 39.3 Å². The SMILES string of the molecule is C[C@H](COS(C)(=O)=O)[C@H]1CC[C@H]2[C@@H]3[C@@H]4O[C@@H]4C4=CC(=O)CC[C@]4(C)[C@H]3CC[C@]12C. The zero-order chi connectivity index (χ0) is 20.8. The van der Waals surface area contributed by atoms with Gasteiger partial charge in [0, 0.05) is 6.42 Å². The first-order valence-corrected chi connectivity index (χ1v) is 13.1. The highest BCUT2D eigenvalue weighted by atomic mass is 32.2. The standard InChI is InChI=1S/C23H34O5S/c1-13(12-27-29(4,25)26)15-5-6-16-19-17(8-10-22(15,16)2)23(3)9-7-14(24)11-18(23)20-21(19)28-20/h11,13,15-17,19-21H,5-10,12H2,1-4H3/t13-,15-,16+,17+,19+,20-,21+,22-,23-/m1/s1. The fourth-order valence-electron chi connectivity index (χ4n) is 8.13. The Morgan fingerprint density at radius 3 is 2.69 bits per heavy atom. The minimum absolute atomic E-state index is 0.112. The van der Waals surface area contributed by atoms with E-state index in [2.05, 4.69) is 20.8 Å². The van der Waals surface area contributed by atoms with Crippen molar-refractivity contribution in [3.63, 3.8) is 0 Å². The number of ether oxygens (including phenoxy) is 1. The van der Waals surface area contributed by atoms with Gasteiger partial charge in [-0.15, -0.1) is 0 Å². The molecule has 0 aromatic rings. The molecule has 5 nitrogen and oxygen atoms in total. The number of ketones is 1. The van der Waals surface area contributed by atoms with E-state index in [0.29, 0.717) is 30.1 Å². The van der Waals surface area contributed by atoms with Gasteiger partial charge in [-0.05, 0) is 84.2 Å². The van der Waals surface area contributed by atoms with E-state index < -0.39 is 10.1 Å². The molecule has 9 atom stereocenters. The topological polar surface area (TPSA) is 73.0 Å². The summed E-state index contributed by atoms with van der Waals surface area (Å²) in [7, 11) is -3.40. The maximum absolute atomic E-state index is 12.1. The smallest absolute Gasteiger partial charge is 0.264 e. The molecule has 0 aromatic heterocycles. The van der Waals surface area contributed by atoms with Crippen LogP contribution in [0.5, 0.6) is 0 Å². The molecule has 4 fully saturated rings. The lowest BCUT2D eigenvalue weighted by Gasteiger charge is -2.57. The summed E-state index contributed by atoms with van der Waals surface area (Å²) in [6, 6.07) is 0. The second kappa shape index (κ2) is 6.39. The predicted octanol–water partition coefficient (Wildman–Crippen LogP) is 3.73. The third kappa shape index (κ3) is 3.00. The van der Waals surface area contributed by atoms with Crippen LogP contribution in [0.2, 0.25) is 0 Å². The van der Waals surface area contributed by atoms with Crippen molar-refractivity contribution < 1.29 is 22.1 Å². The first-order valence-electron chi connectivity index (χ1n) is 11.3.